The van der Waals surface area contributed by atoms with Gasteiger partial charge in [-0.1, -0.05) is 0 Å². The van der Waals surface area contributed by atoms with Crippen molar-refractivity contribution in [2.45, 2.75) is 6.42 Å². The third-order valence-corrected chi connectivity index (χ3v) is 2.51. The van der Waals surface area contributed by atoms with Crippen LogP contribution in [0.5, 0.6) is 0 Å². The molecular formula is C6H13NS. The van der Waals surface area contributed by atoms with E-state index in [1.54, 1.807) is 0 Å². The molecule has 48 valence electrons. The molecule has 8 heavy (non-hydrogen) atoms. The minimum absolute atomic E-state index is 0.877. The Kier molecular flexibility index (Phi) is 2.20. The first kappa shape index (κ1) is 6.43. The van der Waals surface area contributed by atoms with Crippen LogP contribution in [0.1, 0.15) is 6.42 Å². The summed E-state index contributed by atoms with van der Waals surface area (Å²) in [6, 6.07) is 0. The number of thioether (sulfide) groups is 1. The van der Waals surface area contributed by atoms with Gasteiger partial charge in [0.15, 0.2) is 0 Å². The van der Waals surface area contributed by atoms with Crippen molar-refractivity contribution in [3.8, 4) is 0 Å². The van der Waals surface area contributed by atoms with Crippen molar-refractivity contribution < 1.29 is 0 Å². The smallest absolute Gasteiger partial charge is 0.00387 e. The van der Waals surface area contributed by atoms with Gasteiger partial charge in [0.2, 0.25) is 0 Å². The molecule has 1 aliphatic carbocycles. The largest absolute Gasteiger partial charge is 0.330 e. The Balaban J connectivity index is 1.99. The van der Waals surface area contributed by atoms with Crippen molar-refractivity contribution in [1.29, 1.82) is 0 Å². The van der Waals surface area contributed by atoms with E-state index in [1.807, 2.05) is 11.8 Å². The molecule has 0 aromatic rings. The van der Waals surface area contributed by atoms with Crippen molar-refractivity contribution >= 4 is 11.8 Å². The van der Waals surface area contributed by atoms with Crippen molar-refractivity contribution in [3.63, 3.8) is 0 Å². The molecule has 2 unspecified atom stereocenters. The first-order valence-electron chi connectivity index (χ1n) is 3.07. The lowest BCUT2D eigenvalue weighted by Crippen LogP contribution is -2.02. The van der Waals surface area contributed by atoms with Crippen LogP contribution in [0.3, 0.4) is 0 Å². The maximum absolute atomic E-state index is 5.45. The molecule has 0 radical (unpaired) electrons. The van der Waals surface area contributed by atoms with E-state index in [-0.39, 0.29) is 0 Å². The lowest BCUT2D eigenvalue weighted by molar-refractivity contribution is 0.768. The maximum atomic E-state index is 5.45. The molecular weight excluding hydrogens is 118 g/mol. The summed E-state index contributed by atoms with van der Waals surface area (Å²) >= 11 is 1.94. The molecule has 0 spiro atoms. The van der Waals surface area contributed by atoms with Gasteiger partial charge in [-0.3, -0.25) is 0 Å². The minimum atomic E-state index is 0.877. The second-order valence-electron chi connectivity index (χ2n) is 2.45. The van der Waals surface area contributed by atoms with Crippen LogP contribution in [0, 0.1) is 11.8 Å². The van der Waals surface area contributed by atoms with E-state index in [2.05, 4.69) is 6.26 Å². The summed E-state index contributed by atoms with van der Waals surface area (Å²) in [4.78, 5) is 0. The Morgan fingerprint density at radius 2 is 2.38 bits per heavy atom. The molecule has 1 aliphatic rings. The number of hydrogen-bond acceptors (Lipinski definition) is 2. The Hall–Kier alpha value is 0.310. The standard InChI is InChI=1S/C6H13NS/c1-8-4-6-2-5(6)3-7/h5-6H,2-4,7H2,1H3. The fourth-order valence-electron chi connectivity index (χ4n) is 1.02. The minimum Gasteiger partial charge on any atom is -0.330 e. The molecule has 0 heterocycles. The third kappa shape index (κ3) is 1.39. The zero-order chi connectivity index (χ0) is 5.98. The molecule has 2 N–H and O–H groups in total. The van der Waals surface area contributed by atoms with Crippen LogP contribution >= 0.6 is 11.8 Å². The number of nitrogens with two attached hydrogens (primary N) is 1. The highest BCUT2D eigenvalue weighted by Gasteiger charge is 2.34. The normalized spacial score (nSPS) is 35.2. The molecule has 0 aromatic heterocycles. The second kappa shape index (κ2) is 2.74. The molecule has 1 nitrogen and oxygen atoms in total. The van der Waals surface area contributed by atoms with E-state index >= 15 is 0 Å². The van der Waals surface area contributed by atoms with Crippen molar-refractivity contribution in [2.24, 2.45) is 17.6 Å². The Labute approximate surface area is 55.0 Å². The van der Waals surface area contributed by atoms with Gasteiger partial charge in [0.25, 0.3) is 0 Å². The highest BCUT2D eigenvalue weighted by atomic mass is 32.2. The summed E-state index contributed by atoms with van der Waals surface area (Å²) in [5.41, 5.74) is 5.45. The molecule has 2 atom stereocenters. The van der Waals surface area contributed by atoms with Crippen LogP contribution in [0.4, 0.5) is 0 Å². The molecule has 0 aliphatic heterocycles. The van der Waals surface area contributed by atoms with Crippen molar-refractivity contribution in [2.75, 3.05) is 18.6 Å². The zero-order valence-electron chi connectivity index (χ0n) is 5.26. The summed E-state index contributed by atoms with van der Waals surface area (Å²) in [6.45, 7) is 0.908. The van der Waals surface area contributed by atoms with Crippen LogP contribution in [0.25, 0.3) is 0 Å². The van der Waals surface area contributed by atoms with Crippen molar-refractivity contribution in [3.05, 3.63) is 0 Å². The van der Waals surface area contributed by atoms with E-state index in [9.17, 15) is 0 Å². The van der Waals surface area contributed by atoms with E-state index in [1.165, 1.54) is 12.2 Å². The van der Waals surface area contributed by atoms with Crippen LogP contribution in [-0.2, 0) is 0 Å². The monoisotopic (exact) mass is 131 g/mol. The van der Waals surface area contributed by atoms with E-state index < -0.39 is 0 Å². The van der Waals surface area contributed by atoms with Crippen LogP contribution in [0.15, 0.2) is 0 Å². The molecule has 1 fully saturated rings. The Bertz CT molecular complexity index is 74.9. The van der Waals surface area contributed by atoms with Gasteiger partial charge in [-0.05, 0) is 36.8 Å². The van der Waals surface area contributed by atoms with E-state index in [4.69, 9.17) is 5.73 Å². The van der Waals surface area contributed by atoms with Gasteiger partial charge in [0.1, 0.15) is 0 Å². The van der Waals surface area contributed by atoms with Gasteiger partial charge in [0.05, 0.1) is 0 Å². The molecule has 0 saturated heterocycles. The van der Waals surface area contributed by atoms with E-state index in [0.717, 1.165) is 18.4 Å². The van der Waals surface area contributed by atoms with Crippen LogP contribution < -0.4 is 5.73 Å². The van der Waals surface area contributed by atoms with Gasteiger partial charge in [-0.25, -0.2) is 0 Å². The van der Waals surface area contributed by atoms with Gasteiger partial charge in [-0.2, -0.15) is 11.8 Å². The van der Waals surface area contributed by atoms with Crippen molar-refractivity contribution in [1.82, 2.24) is 0 Å². The van der Waals surface area contributed by atoms with Gasteiger partial charge in [-0.15, -0.1) is 0 Å². The Morgan fingerprint density at radius 1 is 1.62 bits per heavy atom. The maximum Gasteiger partial charge on any atom is -0.00387 e. The number of rotatable bonds is 3. The highest BCUT2D eigenvalue weighted by Crippen LogP contribution is 2.39. The Morgan fingerprint density at radius 3 is 2.75 bits per heavy atom. The van der Waals surface area contributed by atoms with Gasteiger partial charge < -0.3 is 5.73 Å². The lowest BCUT2D eigenvalue weighted by Gasteiger charge is -1.90. The van der Waals surface area contributed by atoms with Crippen LogP contribution in [0.2, 0.25) is 0 Å². The van der Waals surface area contributed by atoms with Crippen LogP contribution in [-0.4, -0.2) is 18.6 Å². The lowest BCUT2D eigenvalue weighted by atomic mass is 10.3. The fourth-order valence-corrected chi connectivity index (χ4v) is 1.85. The summed E-state index contributed by atoms with van der Waals surface area (Å²) in [5.74, 6) is 3.17. The SMILES string of the molecule is CSCC1CC1CN. The second-order valence-corrected chi connectivity index (χ2v) is 3.36. The average molecular weight is 131 g/mol. The van der Waals surface area contributed by atoms with E-state index in [0.29, 0.717) is 0 Å². The quantitative estimate of drug-likeness (QED) is 0.617. The third-order valence-electron chi connectivity index (χ3n) is 1.75. The zero-order valence-corrected chi connectivity index (χ0v) is 6.08. The molecule has 0 bridgehead atoms. The van der Waals surface area contributed by atoms with Gasteiger partial charge in [0, 0.05) is 0 Å². The predicted octanol–water partition coefficient (Wildman–Crippen LogP) is 0.944. The number of hydrogen-bond donors (Lipinski definition) is 1. The molecule has 1 saturated carbocycles. The molecule has 0 amide bonds. The topological polar surface area (TPSA) is 26.0 Å². The summed E-state index contributed by atoms with van der Waals surface area (Å²) in [7, 11) is 0. The summed E-state index contributed by atoms with van der Waals surface area (Å²) in [6.07, 6.45) is 3.54. The predicted molar refractivity (Wildman–Crippen MR) is 39.0 cm³/mol. The average Bonchev–Trinajstić information content (AvgIpc) is 2.48. The molecule has 1 rings (SSSR count). The summed E-state index contributed by atoms with van der Waals surface area (Å²) in [5, 5.41) is 0. The van der Waals surface area contributed by atoms with Gasteiger partial charge >= 0.3 is 0 Å². The first-order chi connectivity index (χ1) is 3.88. The molecule has 0 aromatic carbocycles. The highest BCUT2D eigenvalue weighted by molar-refractivity contribution is 7.98. The fraction of sp³-hybridized carbons (Fsp3) is 1.00. The first-order valence-corrected chi connectivity index (χ1v) is 4.47. The molecule has 2 heteroatoms. The summed E-state index contributed by atoms with van der Waals surface area (Å²) < 4.78 is 0.